The smallest absolute Gasteiger partial charge is 0.243 e. The Morgan fingerprint density at radius 1 is 1.26 bits per heavy atom. The highest BCUT2D eigenvalue weighted by Crippen LogP contribution is 2.35. The molecule has 3 aromatic heterocycles. The number of fused-ring (bicyclic) bond motifs is 1. The van der Waals surface area contributed by atoms with Gasteiger partial charge in [-0.2, -0.15) is 0 Å². The highest BCUT2D eigenvalue weighted by Gasteiger charge is 2.20. The molecule has 9 heteroatoms. The van der Waals surface area contributed by atoms with E-state index in [1.165, 1.54) is 6.08 Å². The van der Waals surface area contributed by atoms with Gasteiger partial charge in [0, 0.05) is 33.0 Å². The fourth-order valence-electron chi connectivity index (χ4n) is 3.59. The van der Waals surface area contributed by atoms with Gasteiger partial charge in [-0.05, 0) is 23.7 Å². The maximum absolute atomic E-state index is 11.6. The summed E-state index contributed by atoms with van der Waals surface area (Å²) >= 11 is 0. The number of rotatable bonds is 10. The van der Waals surface area contributed by atoms with E-state index in [-0.39, 0.29) is 5.91 Å². The molecule has 176 valence electrons. The molecule has 4 rings (SSSR count). The molecule has 0 unspecified atom stereocenters. The van der Waals surface area contributed by atoms with Crippen LogP contribution in [-0.4, -0.2) is 40.1 Å². The van der Waals surface area contributed by atoms with Gasteiger partial charge in [-0.25, -0.2) is 15.0 Å². The highest BCUT2D eigenvalue weighted by molar-refractivity contribution is 6.76. The fourth-order valence-corrected chi connectivity index (χ4v) is 4.35. The van der Waals surface area contributed by atoms with Gasteiger partial charge in [0.25, 0.3) is 0 Å². The van der Waals surface area contributed by atoms with Crippen molar-refractivity contribution in [1.29, 1.82) is 0 Å². The number of ether oxygens (including phenoxy) is 1. The lowest BCUT2D eigenvalue weighted by atomic mass is 10.0. The molecule has 8 nitrogen and oxygen atoms in total. The van der Waals surface area contributed by atoms with Crippen molar-refractivity contribution in [1.82, 2.24) is 24.8 Å². The highest BCUT2D eigenvalue weighted by atomic mass is 28.3. The Balaban J connectivity index is 1.72. The second kappa shape index (κ2) is 10.1. The molecule has 0 aliphatic rings. The van der Waals surface area contributed by atoms with Gasteiger partial charge >= 0.3 is 0 Å². The zero-order chi connectivity index (χ0) is 24.1. The maximum Gasteiger partial charge on any atom is 0.243 e. The van der Waals surface area contributed by atoms with Crippen molar-refractivity contribution in [3.8, 4) is 22.7 Å². The number of oxazole rings is 1. The van der Waals surface area contributed by atoms with Crippen LogP contribution < -0.4 is 5.32 Å². The lowest BCUT2D eigenvalue weighted by molar-refractivity contribution is -0.116. The summed E-state index contributed by atoms with van der Waals surface area (Å²) in [5.41, 5.74) is 4.16. The molecule has 0 saturated heterocycles. The first-order chi connectivity index (χ1) is 16.4. The van der Waals surface area contributed by atoms with E-state index in [1.807, 2.05) is 35.0 Å². The van der Waals surface area contributed by atoms with E-state index in [1.54, 1.807) is 18.8 Å². The summed E-state index contributed by atoms with van der Waals surface area (Å²) < 4.78 is 13.6. The minimum atomic E-state index is -1.18. The van der Waals surface area contributed by atoms with Crippen LogP contribution in [0.5, 0.6) is 0 Å². The second-order valence-electron chi connectivity index (χ2n) is 9.24. The molecule has 1 aromatic carbocycles. The van der Waals surface area contributed by atoms with Gasteiger partial charge in [-0.1, -0.05) is 44.4 Å². The van der Waals surface area contributed by atoms with Crippen molar-refractivity contribution in [2.45, 2.75) is 39.0 Å². The van der Waals surface area contributed by atoms with Gasteiger partial charge in [0.05, 0.1) is 22.8 Å². The number of nitrogens with zero attached hydrogens (tertiary/aromatic N) is 4. The number of amides is 1. The molecule has 0 aliphatic carbocycles. The quantitative estimate of drug-likeness (QED) is 0.200. The molecular weight excluding hydrogens is 446 g/mol. The van der Waals surface area contributed by atoms with E-state index in [2.05, 4.69) is 46.5 Å². The molecule has 0 atom stereocenters. The Labute approximate surface area is 199 Å². The average molecular weight is 476 g/mol. The van der Waals surface area contributed by atoms with E-state index >= 15 is 0 Å². The monoisotopic (exact) mass is 475 g/mol. The second-order valence-corrected chi connectivity index (χ2v) is 14.9. The van der Waals surface area contributed by atoms with Crippen molar-refractivity contribution >= 4 is 25.0 Å². The van der Waals surface area contributed by atoms with Crippen molar-refractivity contribution < 1.29 is 13.9 Å². The van der Waals surface area contributed by atoms with Crippen LogP contribution in [-0.2, 0) is 22.8 Å². The molecule has 3 heterocycles. The number of carbonyl (C=O) groups is 1. The first kappa shape index (κ1) is 23.6. The van der Waals surface area contributed by atoms with Gasteiger partial charge in [0.1, 0.15) is 25.0 Å². The Hall–Kier alpha value is -3.56. The van der Waals surface area contributed by atoms with Crippen molar-refractivity contribution in [2.24, 2.45) is 0 Å². The van der Waals surface area contributed by atoms with Gasteiger partial charge in [-0.3, -0.25) is 4.79 Å². The number of hydrogen-bond acceptors (Lipinski definition) is 6. The molecule has 1 amide bonds. The number of carbonyl (C=O) groups excluding carboxylic acids is 1. The van der Waals surface area contributed by atoms with Crippen LogP contribution in [0.15, 0.2) is 66.3 Å². The Kier molecular flexibility index (Phi) is 7.04. The summed E-state index contributed by atoms with van der Waals surface area (Å²) in [6.45, 7) is 12.0. The third-order valence-electron chi connectivity index (χ3n) is 5.40. The lowest BCUT2D eigenvalue weighted by Crippen LogP contribution is -2.22. The summed E-state index contributed by atoms with van der Waals surface area (Å²) in [6, 6.07) is 8.99. The van der Waals surface area contributed by atoms with E-state index in [0.717, 1.165) is 39.5 Å². The molecule has 34 heavy (non-hydrogen) atoms. The number of hydrogen-bond donors (Lipinski definition) is 1. The Morgan fingerprint density at radius 3 is 2.85 bits per heavy atom. The van der Waals surface area contributed by atoms with E-state index in [4.69, 9.17) is 9.15 Å². The first-order valence-corrected chi connectivity index (χ1v) is 14.9. The van der Waals surface area contributed by atoms with Crippen molar-refractivity contribution in [3.05, 3.63) is 67.5 Å². The summed E-state index contributed by atoms with van der Waals surface area (Å²) in [4.78, 5) is 25.1. The molecule has 0 saturated carbocycles. The van der Waals surface area contributed by atoms with Crippen LogP contribution in [0.1, 0.15) is 5.56 Å². The molecule has 0 spiro atoms. The van der Waals surface area contributed by atoms with Crippen molar-refractivity contribution in [2.75, 3.05) is 6.61 Å². The SMILES string of the molecule is C=CC(=O)NCc1cccc(-c2ncnc3c2c(-c2ncco2)cn3COCC[Si](C)(C)C)c1. The zero-order valence-electron chi connectivity index (χ0n) is 19.7. The third kappa shape index (κ3) is 5.49. The summed E-state index contributed by atoms with van der Waals surface area (Å²) in [5, 5.41) is 3.65. The lowest BCUT2D eigenvalue weighted by Gasteiger charge is -2.15. The Morgan fingerprint density at radius 2 is 2.12 bits per heavy atom. The van der Waals surface area contributed by atoms with Crippen molar-refractivity contribution in [3.63, 3.8) is 0 Å². The van der Waals surface area contributed by atoms with E-state index in [9.17, 15) is 4.79 Å². The topological polar surface area (TPSA) is 95.1 Å². The molecule has 0 fully saturated rings. The molecule has 0 bridgehead atoms. The van der Waals surface area contributed by atoms with Gasteiger partial charge in [0.15, 0.2) is 0 Å². The van der Waals surface area contributed by atoms with Crippen LogP contribution >= 0.6 is 0 Å². The predicted molar refractivity (Wildman–Crippen MR) is 135 cm³/mol. The summed E-state index contributed by atoms with van der Waals surface area (Å²) in [7, 11) is -1.18. The zero-order valence-corrected chi connectivity index (χ0v) is 20.7. The Bertz CT molecular complexity index is 1290. The molecule has 4 aromatic rings. The van der Waals surface area contributed by atoms with Crippen LogP contribution in [0, 0.1) is 0 Å². The number of aromatic nitrogens is 4. The molecular formula is C25H29N5O3Si. The van der Waals surface area contributed by atoms with Gasteiger partial charge in [0.2, 0.25) is 11.8 Å². The van der Waals surface area contributed by atoms with Crippen LogP contribution in [0.3, 0.4) is 0 Å². The van der Waals surface area contributed by atoms with Gasteiger partial charge < -0.3 is 19.0 Å². The van der Waals surface area contributed by atoms with E-state index in [0.29, 0.717) is 25.8 Å². The first-order valence-electron chi connectivity index (χ1n) is 11.2. The third-order valence-corrected chi connectivity index (χ3v) is 7.10. The maximum atomic E-state index is 11.6. The van der Waals surface area contributed by atoms with Gasteiger partial charge in [-0.15, -0.1) is 0 Å². The average Bonchev–Trinajstić information content (AvgIpc) is 3.48. The standard InChI is InChI=1S/C25H29N5O3Si/c1-5-21(31)27-14-18-7-6-8-19(13-18)23-22-20(25-26-9-10-33-25)15-30(24(22)29-16-28-23)17-32-11-12-34(2,3)4/h5-10,13,15-16H,1,11-12,14,17H2,2-4H3,(H,27,31). The fraction of sp³-hybridized carbons (Fsp3) is 0.280. The minimum absolute atomic E-state index is 0.216. The molecule has 0 aliphatic heterocycles. The predicted octanol–water partition coefficient (Wildman–Crippen LogP) is 4.87. The summed E-state index contributed by atoms with van der Waals surface area (Å²) in [6.07, 6.45) is 7.94. The number of benzene rings is 1. The normalized spacial score (nSPS) is 11.6. The summed E-state index contributed by atoms with van der Waals surface area (Å²) in [5.74, 6) is 0.281. The number of nitrogens with one attached hydrogen (secondary N) is 1. The molecule has 0 radical (unpaired) electrons. The van der Waals surface area contributed by atoms with Crippen LogP contribution in [0.2, 0.25) is 25.7 Å². The molecule has 1 N–H and O–H groups in total. The van der Waals surface area contributed by atoms with Crippen LogP contribution in [0.25, 0.3) is 33.7 Å². The van der Waals surface area contributed by atoms with E-state index < -0.39 is 8.07 Å². The minimum Gasteiger partial charge on any atom is -0.444 e. The van der Waals surface area contributed by atoms with Crippen LogP contribution in [0.4, 0.5) is 0 Å². The largest absolute Gasteiger partial charge is 0.444 e.